The summed E-state index contributed by atoms with van der Waals surface area (Å²) in [6.45, 7) is 4.92. The largest absolute Gasteiger partial charge is 0.448 e. The van der Waals surface area contributed by atoms with Gasteiger partial charge in [0.25, 0.3) is 5.91 Å². The van der Waals surface area contributed by atoms with E-state index in [1.165, 1.54) is 32.0 Å². The molecule has 1 amide bonds. The molecule has 0 saturated carbocycles. The first-order chi connectivity index (χ1) is 13.6. The minimum absolute atomic E-state index is 0.0944. The Labute approximate surface area is 164 Å². The second-order valence-corrected chi connectivity index (χ2v) is 6.26. The van der Waals surface area contributed by atoms with Crippen molar-refractivity contribution in [2.75, 3.05) is 6.54 Å². The van der Waals surface area contributed by atoms with Gasteiger partial charge in [0.15, 0.2) is 6.10 Å². The van der Waals surface area contributed by atoms with Crippen molar-refractivity contribution in [1.82, 2.24) is 15.1 Å². The summed E-state index contributed by atoms with van der Waals surface area (Å²) >= 11 is 0. The van der Waals surface area contributed by atoms with E-state index in [2.05, 4.69) is 10.4 Å². The fourth-order valence-corrected chi connectivity index (χ4v) is 2.49. The summed E-state index contributed by atoms with van der Waals surface area (Å²) in [6.07, 6.45) is -5.19. The van der Waals surface area contributed by atoms with Crippen LogP contribution >= 0.6 is 0 Å². The number of halogens is 3. The van der Waals surface area contributed by atoms with E-state index >= 15 is 0 Å². The van der Waals surface area contributed by atoms with Gasteiger partial charge in [-0.1, -0.05) is 19.1 Å². The summed E-state index contributed by atoms with van der Waals surface area (Å²) in [5.74, 6) is -1.76. The summed E-state index contributed by atoms with van der Waals surface area (Å²) in [7, 11) is 0. The van der Waals surface area contributed by atoms with Crippen LogP contribution in [-0.4, -0.2) is 34.3 Å². The number of nitrogens with one attached hydrogen (secondary N) is 1. The second kappa shape index (κ2) is 8.89. The van der Waals surface area contributed by atoms with Gasteiger partial charge in [0.05, 0.1) is 11.3 Å². The summed E-state index contributed by atoms with van der Waals surface area (Å²) in [5.41, 5.74) is -2.78. The molecule has 1 aromatic heterocycles. The molecule has 29 heavy (non-hydrogen) atoms. The van der Waals surface area contributed by atoms with Crippen LogP contribution in [0.15, 0.2) is 35.1 Å². The lowest BCUT2D eigenvalue weighted by Gasteiger charge is -2.17. The molecular weight excluding hydrogens is 391 g/mol. The summed E-state index contributed by atoms with van der Waals surface area (Å²) < 4.78 is 45.8. The Balaban J connectivity index is 2.42. The molecule has 10 heteroatoms. The number of benzene rings is 1. The van der Waals surface area contributed by atoms with Crippen molar-refractivity contribution in [1.29, 1.82) is 0 Å². The van der Waals surface area contributed by atoms with Gasteiger partial charge in [0.2, 0.25) is 11.1 Å². The van der Waals surface area contributed by atoms with Crippen LogP contribution in [0, 0.1) is 6.92 Å². The third kappa shape index (κ3) is 5.21. The zero-order valence-electron chi connectivity index (χ0n) is 16.0. The lowest BCUT2D eigenvalue weighted by molar-refractivity contribution is -0.137. The Kier molecular flexibility index (Phi) is 6.78. The third-order valence-electron chi connectivity index (χ3n) is 3.94. The van der Waals surface area contributed by atoms with Crippen molar-refractivity contribution in [2.24, 2.45) is 0 Å². The number of rotatable bonds is 6. The van der Waals surface area contributed by atoms with Gasteiger partial charge >= 0.3 is 12.1 Å². The molecule has 0 aliphatic carbocycles. The van der Waals surface area contributed by atoms with Gasteiger partial charge < -0.3 is 10.1 Å². The number of amides is 1. The van der Waals surface area contributed by atoms with Crippen molar-refractivity contribution in [3.8, 4) is 5.69 Å². The van der Waals surface area contributed by atoms with Crippen molar-refractivity contribution < 1.29 is 27.5 Å². The zero-order valence-corrected chi connectivity index (χ0v) is 16.0. The van der Waals surface area contributed by atoms with E-state index in [9.17, 15) is 27.6 Å². The third-order valence-corrected chi connectivity index (χ3v) is 3.94. The number of esters is 1. The lowest BCUT2D eigenvalue weighted by atomic mass is 10.1. The zero-order chi connectivity index (χ0) is 21.8. The summed E-state index contributed by atoms with van der Waals surface area (Å²) in [4.78, 5) is 36.3. The van der Waals surface area contributed by atoms with Crippen LogP contribution in [0.4, 0.5) is 13.2 Å². The number of para-hydroxylation sites is 1. The van der Waals surface area contributed by atoms with Crippen molar-refractivity contribution >= 4 is 11.9 Å². The van der Waals surface area contributed by atoms with Gasteiger partial charge in [-0.25, -0.2) is 9.48 Å². The normalized spacial score (nSPS) is 12.3. The van der Waals surface area contributed by atoms with Gasteiger partial charge in [-0.2, -0.15) is 18.3 Å². The molecule has 0 bridgehead atoms. The molecule has 2 aromatic rings. The van der Waals surface area contributed by atoms with Gasteiger partial charge in [-0.15, -0.1) is 0 Å². The van der Waals surface area contributed by atoms with E-state index in [0.29, 0.717) is 13.0 Å². The number of carbonyl (C=O) groups is 2. The standard InChI is InChI=1S/C19H20F3N3O4/c1-4-9-23-17(27)12(3)29-18(28)16-15(26)10-11(2)25(24-16)14-8-6-5-7-13(14)19(20,21)22/h5-8,10,12H,4,9H2,1-3H3,(H,23,27)/t12-/m0/s1. The van der Waals surface area contributed by atoms with E-state index in [1.54, 1.807) is 0 Å². The molecule has 0 radical (unpaired) electrons. The van der Waals surface area contributed by atoms with Crippen LogP contribution in [0.25, 0.3) is 5.69 Å². The van der Waals surface area contributed by atoms with Gasteiger partial charge in [0.1, 0.15) is 0 Å². The monoisotopic (exact) mass is 411 g/mol. The fraction of sp³-hybridized carbons (Fsp3) is 0.368. The smallest absolute Gasteiger partial charge is 0.418 e. The van der Waals surface area contributed by atoms with E-state index in [0.717, 1.165) is 16.8 Å². The number of carbonyl (C=O) groups excluding carboxylic acids is 2. The molecule has 0 saturated heterocycles. The Morgan fingerprint density at radius 3 is 2.55 bits per heavy atom. The number of alkyl halides is 3. The van der Waals surface area contributed by atoms with Crippen LogP contribution in [0.2, 0.25) is 0 Å². The number of aromatic nitrogens is 2. The molecule has 0 spiro atoms. The van der Waals surface area contributed by atoms with Crippen LogP contribution in [0.5, 0.6) is 0 Å². The van der Waals surface area contributed by atoms with Crippen molar-refractivity contribution in [2.45, 2.75) is 39.5 Å². The maximum Gasteiger partial charge on any atom is 0.418 e. The van der Waals surface area contributed by atoms with Crippen molar-refractivity contribution in [3.63, 3.8) is 0 Å². The van der Waals surface area contributed by atoms with Gasteiger partial charge in [-0.05, 0) is 32.4 Å². The van der Waals surface area contributed by atoms with Crippen LogP contribution in [-0.2, 0) is 15.7 Å². The molecule has 1 aromatic carbocycles. The number of nitrogens with zero attached hydrogens (tertiary/aromatic N) is 2. The molecule has 0 fully saturated rings. The Bertz CT molecular complexity index is 970. The molecule has 1 N–H and O–H groups in total. The topological polar surface area (TPSA) is 90.3 Å². The molecule has 1 heterocycles. The molecule has 0 aliphatic rings. The molecule has 7 nitrogen and oxygen atoms in total. The highest BCUT2D eigenvalue weighted by Gasteiger charge is 2.34. The predicted octanol–water partition coefficient (Wildman–Crippen LogP) is 2.63. The van der Waals surface area contributed by atoms with Gasteiger partial charge in [0, 0.05) is 18.3 Å². The Morgan fingerprint density at radius 1 is 1.28 bits per heavy atom. The van der Waals surface area contributed by atoms with Crippen LogP contribution in [0.3, 0.4) is 0 Å². The SMILES string of the molecule is CCCNC(=O)[C@H](C)OC(=O)c1nn(-c2ccccc2C(F)(F)F)c(C)cc1=O. The molecule has 0 unspecified atom stereocenters. The highest BCUT2D eigenvalue weighted by atomic mass is 19.4. The Hall–Kier alpha value is -3.17. The van der Waals surface area contributed by atoms with E-state index in [4.69, 9.17) is 4.74 Å². The molecule has 0 aliphatic heterocycles. The van der Waals surface area contributed by atoms with E-state index in [-0.39, 0.29) is 11.4 Å². The number of aryl methyl sites for hydroxylation is 1. The molecule has 1 atom stereocenters. The molecular formula is C19H20F3N3O4. The average molecular weight is 411 g/mol. The number of ether oxygens (including phenoxy) is 1. The van der Waals surface area contributed by atoms with Crippen molar-refractivity contribution in [3.05, 3.63) is 57.5 Å². The van der Waals surface area contributed by atoms with E-state index < -0.39 is 40.8 Å². The first-order valence-electron chi connectivity index (χ1n) is 8.82. The Morgan fingerprint density at radius 2 is 1.93 bits per heavy atom. The van der Waals surface area contributed by atoms with E-state index in [1.807, 2.05) is 6.92 Å². The van der Waals surface area contributed by atoms with Crippen LogP contribution in [0.1, 0.15) is 42.0 Å². The lowest BCUT2D eigenvalue weighted by Crippen LogP contribution is -2.37. The predicted molar refractivity (Wildman–Crippen MR) is 97.8 cm³/mol. The van der Waals surface area contributed by atoms with Crippen LogP contribution < -0.4 is 10.7 Å². The first kappa shape index (κ1) is 22.1. The summed E-state index contributed by atoms with van der Waals surface area (Å²) in [6, 6.07) is 5.62. The average Bonchev–Trinajstić information content (AvgIpc) is 2.65. The minimum Gasteiger partial charge on any atom is -0.448 e. The first-order valence-corrected chi connectivity index (χ1v) is 8.82. The maximum absolute atomic E-state index is 13.3. The number of hydrogen-bond donors (Lipinski definition) is 1. The molecule has 156 valence electrons. The minimum atomic E-state index is -4.67. The highest BCUT2D eigenvalue weighted by molar-refractivity contribution is 5.90. The number of hydrogen-bond acceptors (Lipinski definition) is 5. The van der Waals surface area contributed by atoms with Gasteiger partial charge in [-0.3, -0.25) is 9.59 Å². The maximum atomic E-state index is 13.3. The highest BCUT2D eigenvalue weighted by Crippen LogP contribution is 2.33. The quantitative estimate of drug-likeness (QED) is 0.738. The molecule has 2 rings (SSSR count). The fourth-order valence-electron chi connectivity index (χ4n) is 2.49. The second-order valence-electron chi connectivity index (χ2n) is 6.26. The summed E-state index contributed by atoms with van der Waals surface area (Å²) in [5, 5.41) is 6.32.